The molecular weight excluding hydrogens is 628 g/mol. The Labute approximate surface area is 269 Å². The lowest BCUT2D eigenvalue weighted by Gasteiger charge is -2.07. The first-order valence-corrected chi connectivity index (χ1v) is 15.2. The fourth-order valence-corrected chi connectivity index (χ4v) is 5.05. The summed E-state index contributed by atoms with van der Waals surface area (Å²) in [7, 11) is 0.370. The average molecular weight is 657 g/mol. The van der Waals surface area contributed by atoms with Crippen LogP contribution < -0.4 is 18.9 Å². The van der Waals surface area contributed by atoms with Crippen LogP contribution in [0.25, 0.3) is 24.3 Å². The Hall–Kier alpha value is -6.22. The van der Waals surface area contributed by atoms with Crippen LogP contribution in [-0.4, -0.2) is 55.3 Å². The molecule has 3 aromatic carbocycles. The van der Waals surface area contributed by atoms with Gasteiger partial charge >= 0.3 is 0 Å². The van der Waals surface area contributed by atoms with Crippen molar-refractivity contribution in [3.8, 4) is 28.9 Å². The number of phenolic OH excluding ortho intramolecular Hbond substituents is 2. The molecule has 0 amide bonds. The zero-order valence-electron chi connectivity index (χ0n) is 25.2. The Balaban J connectivity index is 1.42. The Morgan fingerprint density at radius 3 is 1.96 bits per heavy atom. The van der Waals surface area contributed by atoms with Crippen molar-refractivity contribution < 1.29 is 37.4 Å². The quantitative estimate of drug-likeness (QED) is 0.125. The highest BCUT2D eigenvalue weighted by atomic mass is 32.2. The van der Waals surface area contributed by atoms with E-state index in [9.17, 15) is 18.6 Å². The van der Waals surface area contributed by atoms with Gasteiger partial charge in [0, 0.05) is 6.07 Å². The van der Waals surface area contributed by atoms with Crippen molar-refractivity contribution in [1.29, 1.82) is 0 Å². The molecule has 2 aromatic heterocycles. The molecule has 3 N–H and O–H groups in total. The van der Waals surface area contributed by atoms with Crippen molar-refractivity contribution in [3.63, 3.8) is 0 Å². The van der Waals surface area contributed by atoms with Gasteiger partial charge in [0.25, 0.3) is 10.0 Å². The predicted octanol–water partition coefficient (Wildman–Crippen LogP) is 6.46. The largest absolute Gasteiger partial charge is 0.504 e. The molecule has 0 unspecified atom stereocenters. The van der Waals surface area contributed by atoms with E-state index in [0.717, 1.165) is 0 Å². The number of aromatic hydroxyl groups is 2. The first kappa shape index (κ1) is 32.2. The van der Waals surface area contributed by atoms with Crippen molar-refractivity contribution in [3.05, 3.63) is 95.4 Å². The Bertz CT molecular complexity index is 1980. The van der Waals surface area contributed by atoms with E-state index in [0.29, 0.717) is 34.0 Å². The van der Waals surface area contributed by atoms with Crippen molar-refractivity contribution in [2.75, 3.05) is 26.1 Å². The van der Waals surface area contributed by atoms with E-state index in [1.807, 2.05) is 0 Å². The van der Waals surface area contributed by atoms with Crippen LogP contribution in [0.3, 0.4) is 0 Å². The molecule has 0 aliphatic carbocycles. The van der Waals surface area contributed by atoms with Gasteiger partial charge in [-0.05, 0) is 77.9 Å². The molecule has 0 atom stereocenters. The van der Waals surface area contributed by atoms with Gasteiger partial charge in [0.2, 0.25) is 5.88 Å². The second-order valence-corrected chi connectivity index (χ2v) is 11.3. The van der Waals surface area contributed by atoms with Gasteiger partial charge in [0.05, 0.1) is 31.9 Å². The van der Waals surface area contributed by atoms with E-state index < -0.39 is 10.0 Å². The molecule has 0 radical (unpaired) electrons. The van der Waals surface area contributed by atoms with Crippen LogP contribution in [-0.2, 0) is 10.0 Å². The summed E-state index contributed by atoms with van der Waals surface area (Å²) in [5.74, 6) is 1.15. The van der Waals surface area contributed by atoms with Gasteiger partial charge in [-0.25, -0.2) is 8.42 Å². The number of azo groups is 1. The number of methoxy groups -OCH3 is 3. The lowest BCUT2D eigenvalue weighted by molar-refractivity contribution is 0.373. The molecule has 0 aliphatic rings. The number of phenols is 2. The van der Waals surface area contributed by atoms with Crippen LogP contribution in [0, 0.1) is 0 Å². The normalized spacial score (nSPS) is 11.8. The van der Waals surface area contributed by atoms with Gasteiger partial charge < -0.3 is 28.9 Å². The highest BCUT2D eigenvalue weighted by Gasteiger charge is 2.16. The minimum absolute atomic E-state index is 0.00101. The average Bonchev–Trinajstić information content (AvgIpc) is 3.48. The van der Waals surface area contributed by atoms with Gasteiger partial charge in [-0.2, -0.15) is 5.11 Å². The monoisotopic (exact) mass is 656 g/mol. The lowest BCUT2D eigenvalue weighted by Crippen LogP contribution is -2.14. The second kappa shape index (κ2) is 14.3. The molecule has 240 valence electrons. The lowest BCUT2D eigenvalue weighted by atomic mass is 10.1. The number of hydrogen-bond acceptors (Lipinski definition) is 13. The molecule has 5 aromatic rings. The van der Waals surface area contributed by atoms with Crippen LogP contribution in [0.2, 0.25) is 0 Å². The number of sulfonamides is 1. The molecule has 0 fully saturated rings. The third-order valence-electron chi connectivity index (χ3n) is 6.49. The van der Waals surface area contributed by atoms with Gasteiger partial charge in [-0.15, -0.1) is 15.3 Å². The van der Waals surface area contributed by atoms with Crippen LogP contribution in [0.15, 0.2) is 92.4 Å². The number of ether oxygens (including phenoxy) is 3. The van der Waals surface area contributed by atoms with Crippen molar-refractivity contribution in [2.45, 2.75) is 4.90 Å². The minimum Gasteiger partial charge on any atom is -0.504 e. The highest BCUT2D eigenvalue weighted by molar-refractivity contribution is 7.92. The second-order valence-electron chi connectivity index (χ2n) is 9.57. The minimum atomic E-state index is -3.96. The number of rotatable bonds is 12. The summed E-state index contributed by atoms with van der Waals surface area (Å²) in [6.07, 6.45) is 6.75. The first-order chi connectivity index (χ1) is 22.7. The van der Waals surface area contributed by atoms with E-state index in [1.165, 1.54) is 69.9 Å². The number of benzene rings is 3. The van der Waals surface area contributed by atoms with Crippen molar-refractivity contribution in [2.24, 2.45) is 10.2 Å². The van der Waals surface area contributed by atoms with Gasteiger partial charge in [-0.1, -0.05) is 29.4 Å². The fourth-order valence-electron chi connectivity index (χ4n) is 4.05. The molecule has 0 bridgehead atoms. The van der Waals surface area contributed by atoms with E-state index in [4.69, 9.17) is 18.7 Å². The summed E-state index contributed by atoms with van der Waals surface area (Å²) in [6.45, 7) is 0. The van der Waals surface area contributed by atoms with Gasteiger partial charge in [0.1, 0.15) is 5.69 Å². The van der Waals surface area contributed by atoms with E-state index in [2.05, 4.69) is 30.3 Å². The summed E-state index contributed by atoms with van der Waals surface area (Å²) < 4.78 is 48.9. The number of nitrogens with one attached hydrogen (secondary N) is 1. The van der Waals surface area contributed by atoms with E-state index in [1.54, 1.807) is 48.6 Å². The maximum Gasteiger partial charge on any atom is 0.263 e. The molecule has 0 saturated heterocycles. The number of hydrogen-bond donors (Lipinski definition) is 3. The Kier molecular flexibility index (Phi) is 9.76. The summed E-state index contributed by atoms with van der Waals surface area (Å²) in [6, 6.07) is 18.3. The Morgan fingerprint density at radius 1 is 0.745 bits per heavy atom. The van der Waals surface area contributed by atoms with E-state index >= 15 is 0 Å². The molecule has 0 spiro atoms. The van der Waals surface area contributed by atoms with Crippen LogP contribution in [0.1, 0.15) is 22.6 Å². The Morgan fingerprint density at radius 2 is 1.38 bits per heavy atom. The highest BCUT2D eigenvalue weighted by Crippen LogP contribution is 2.33. The number of nitrogens with zero attached hydrogens (tertiary/aromatic N) is 5. The van der Waals surface area contributed by atoms with Crippen LogP contribution >= 0.6 is 0 Å². The molecule has 0 saturated carbocycles. The van der Waals surface area contributed by atoms with Gasteiger partial charge in [-0.3, -0.25) is 4.72 Å². The first-order valence-electron chi connectivity index (χ1n) is 13.7. The third kappa shape index (κ3) is 7.90. The molecule has 2 heterocycles. The molecule has 14 nitrogen and oxygen atoms in total. The standard InChI is InChI=1S/C32H28N6O8S/c1-43-28-18-20(5-13-25(28)39)4-12-24-32(27(46-37-24)15-7-21-6-14-26(40)29(19-21)44-2)36-33-22-8-10-23(11-9-22)47(41,42)38-30-16-17-31(45-3)35-34-30/h4-19,39-40H,1-3H3,(H,34,38)/b12-4+,15-7+,36-33?. The zero-order chi connectivity index (χ0) is 33.4. The fraction of sp³-hybridized carbons (Fsp3) is 0.0938. The summed E-state index contributed by atoms with van der Waals surface area (Å²) in [5.41, 5.74) is 2.40. The van der Waals surface area contributed by atoms with Gasteiger partial charge in [0.15, 0.2) is 40.3 Å². The molecular formula is C32H28N6O8S. The molecule has 47 heavy (non-hydrogen) atoms. The van der Waals surface area contributed by atoms with Crippen molar-refractivity contribution >= 4 is 51.5 Å². The number of aromatic nitrogens is 3. The molecule has 5 rings (SSSR count). The number of anilines is 1. The zero-order valence-corrected chi connectivity index (χ0v) is 26.0. The summed E-state index contributed by atoms with van der Waals surface area (Å²) >= 11 is 0. The van der Waals surface area contributed by atoms with Crippen LogP contribution in [0.5, 0.6) is 28.9 Å². The third-order valence-corrected chi connectivity index (χ3v) is 7.86. The SMILES string of the molecule is COc1ccc(NS(=O)(=O)c2ccc(N=Nc3c(/C=C/c4ccc(O)c(OC)c4)noc3/C=C/c3ccc(O)c(OC)c3)cc2)nn1. The van der Waals surface area contributed by atoms with Crippen LogP contribution in [0.4, 0.5) is 17.2 Å². The summed E-state index contributed by atoms with van der Waals surface area (Å²) in [5, 5.41) is 40.2. The smallest absolute Gasteiger partial charge is 0.263 e. The predicted molar refractivity (Wildman–Crippen MR) is 174 cm³/mol. The molecule has 0 aliphatic heterocycles. The maximum absolute atomic E-state index is 12.9. The summed E-state index contributed by atoms with van der Waals surface area (Å²) in [4.78, 5) is -0.0278. The molecule has 15 heteroatoms. The topological polar surface area (TPSA) is 191 Å². The van der Waals surface area contributed by atoms with Crippen molar-refractivity contribution in [1.82, 2.24) is 15.4 Å². The van der Waals surface area contributed by atoms with E-state index in [-0.39, 0.29) is 39.5 Å². The maximum atomic E-state index is 12.9.